The molecule has 0 radical (unpaired) electrons. The highest BCUT2D eigenvalue weighted by Crippen LogP contribution is 2.38. The summed E-state index contributed by atoms with van der Waals surface area (Å²) in [5, 5.41) is 13.3. The molecule has 254 valence electrons. The van der Waals surface area contributed by atoms with Gasteiger partial charge in [-0.05, 0) is 94.9 Å². The van der Waals surface area contributed by atoms with Crippen molar-refractivity contribution in [3.63, 3.8) is 0 Å². The molecule has 0 saturated heterocycles. The Morgan fingerprint density at radius 3 is 1.79 bits per heavy atom. The Morgan fingerprint density at radius 2 is 1.04 bits per heavy atom. The number of para-hydroxylation sites is 3. The molecule has 1 N–H and O–H groups in total. The summed E-state index contributed by atoms with van der Waals surface area (Å²) in [6.45, 7) is 4.39. The van der Waals surface area contributed by atoms with E-state index in [1.165, 1.54) is 21.8 Å². The molecule has 9 aromatic rings. The van der Waals surface area contributed by atoms with Crippen LogP contribution in [0.2, 0.25) is 0 Å². The maximum atomic E-state index is 10.8. The largest absolute Gasteiger partial charge is 0.507 e. The van der Waals surface area contributed by atoms with Crippen LogP contribution < -0.4 is 0 Å². The molecule has 0 fully saturated rings. The highest BCUT2D eigenvalue weighted by molar-refractivity contribution is 6.10. The van der Waals surface area contributed by atoms with Gasteiger partial charge in [-0.1, -0.05) is 123 Å². The van der Waals surface area contributed by atoms with Crippen molar-refractivity contribution in [3.8, 4) is 67.5 Å². The van der Waals surface area contributed by atoms with Crippen molar-refractivity contribution in [2.24, 2.45) is 0 Å². The summed E-state index contributed by atoms with van der Waals surface area (Å²) in [5.74, 6) is 0.441. The summed E-state index contributed by atoms with van der Waals surface area (Å²) < 4.78 is 2.36. The first-order valence-electron chi connectivity index (χ1n) is 18.1. The molecule has 4 nitrogen and oxygen atoms in total. The average Bonchev–Trinajstić information content (AvgIpc) is 3.55. The highest BCUT2D eigenvalue weighted by Gasteiger charge is 2.16. The summed E-state index contributed by atoms with van der Waals surface area (Å²) in [5.41, 5.74) is 14.1. The second-order valence-corrected chi connectivity index (χ2v) is 13.8. The van der Waals surface area contributed by atoms with E-state index in [-0.39, 0.29) is 11.7 Å². The second-order valence-electron chi connectivity index (χ2n) is 13.8. The molecule has 3 aromatic heterocycles. The lowest BCUT2D eigenvalue weighted by Gasteiger charge is -2.14. The Hall–Kier alpha value is -6.78. The third-order valence-corrected chi connectivity index (χ3v) is 10.0. The summed E-state index contributed by atoms with van der Waals surface area (Å²) in [6, 6.07) is 60.8. The fraction of sp³-hybridized carbons (Fsp3) is 0.0612. The molecule has 0 aliphatic carbocycles. The second kappa shape index (κ2) is 13.4. The van der Waals surface area contributed by atoms with Gasteiger partial charge in [0.25, 0.3) is 0 Å². The van der Waals surface area contributed by atoms with Gasteiger partial charge in [-0.2, -0.15) is 0 Å². The van der Waals surface area contributed by atoms with E-state index in [4.69, 9.17) is 9.97 Å². The minimum atomic E-state index is 0.203. The normalized spacial score (nSPS) is 11.5. The zero-order chi connectivity index (χ0) is 35.9. The Balaban J connectivity index is 1.18. The number of aromatic nitrogens is 3. The van der Waals surface area contributed by atoms with E-state index in [2.05, 4.69) is 146 Å². The van der Waals surface area contributed by atoms with Crippen LogP contribution in [0.4, 0.5) is 0 Å². The van der Waals surface area contributed by atoms with Gasteiger partial charge in [-0.15, -0.1) is 0 Å². The van der Waals surface area contributed by atoms with E-state index in [0.717, 1.165) is 61.8 Å². The van der Waals surface area contributed by atoms with Gasteiger partial charge in [0.15, 0.2) is 0 Å². The van der Waals surface area contributed by atoms with Crippen LogP contribution >= 0.6 is 0 Å². The first kappa shape index (κ1) is 32.1. The van der Waals surface area contributed by atoms with E-state index in [0.29, 0.717) is 5.56 Å². The topological polar surface area (TPSA) is 50.9 Å². The summed E-state index contributed by atoms with van der Waals surface area (Å²) in [6.07, 6.45) is 0. The molecule has 3 heterocycles. The van der Waals surface area contributed by atoms with Crippen LogP contribution in [0.5, 0.6) is 5.75 Å². The number of hydrogen-bond acceptors (Lipinski definition) is 3. The van der Waals surface area contributed by atoms with Crippen LogP contribution in [0, 0.1) is 0 Å². The van der Waals surface area contributed by atoms with Gasteiger partial charge in [0.05, 0.1) is 28.1 Å². The van der Waals surface area contributed by atoms with E-state index < -0.39 is 0 Å². The van der Waals surface area contributed by atoms with E-state index in [9.17, 15) is 5.11 Å². The number of fused-ring (bicyclic) bond motifs is 3. The number of nitrogens with zero attached hydrogens (tertiary/aromatic N) is 3. The van der Waals surface area contributed by atoms with Crippen LogP contribution in [0.1, 0.15) is 25.5 Å². The monoisotopic (exact) mass is 683 g/mol. The molecule has 53 heavy (non-hydrogen) atoms. The number of pyridine rings is 2. The highest BCUT2D eigenvalue weighted by atomic mass is 16.3. The molecular weight excluding hydrogens is 647 g/mol. The van der Waals surface area contributed by atoms with Gasteiger partial charge in [0.2, 0.25) is 0 Å². The number of rotatable bonds is 7. The average molecular weight is 684 g/mol. The van der Waals surface area contributed by atoms with Gasteiger partial charge >= 0.3 is 0 Å². The Labute approximate surface area is 309 Å². The SMILES string of the molecule is CC(C)c1cc(-c2ccc3c4ccccc4n(-c4ccccc4)c3c2)cc(-c2cccc(-c3cc(-c4ccccc4)cc(-c4ccccc4O)n3)c2)n1. The van der Waals surface area contributed by atoms with Crippen molar-refractivity contribution < 1.29 is 5.11 Å². The molecule has 6 aromatic carbocycles. The molecule has 0 unspecified atom stereocenters. The predicted octanol–water partition coefficient (Wildman–Crippen LogP) is 12.7. The third-order valence-electron chi connectivity index (χ3n) is 10.0. The lowest BCUT2D eigenvalue weighted by atomic mass is 9.96. The maximum Gasteiger partial charge on any atom is 0.124 e. The lowest BCUT2D eigenvalue weighted by molar-refractivity contribution is 0.477. The van der Waals surface area contributed by atoms with Crippen LogP contribution in [-0.4, -0.2) is 19.6 Å². The Bertz CT molecular complexity index is 2770. The fourth-order valence-corrected chi connectivity index (χ4v) is 7.31. The molecule has 0 amide bonds. The number of aromatic hydroxyl groups is 1. The summed E-state index contributed by atoms with van der Waals surface area (Å²) in [4.78, 5) is 10.3. The number of phenols is 1. The standard InChI is InChI=1S/C49H37N3O/c1-32(2)43-27-38(34-24-25-41-40-20-9-11-22-47(40)52(48(41)31-34)39-18-7-4-8-19-39)29-44(50-43)35-16-13-17-36(26-35)45-28-37(33-14-5-3-6-15-33)30-46(51-45)42-21-10-12-23-49(42)53/h3-32,53H,1-2H3. The van der Waals surface area contributed by atoms with Crippen LogP contribution in [0.25, 0.3) is 83.5 Å². The van der Waals surface area contributed by atoms with Crippen molar-refractivity contribution in [2.75, 3.05) is 0 Å². The minimum Gasteiger partial charge on any atom is -0.507 e. The Morgan fingerprint density at radius 1 is 0.434 bits per heavy atom. The van der Waals surface area contributed by atoms with Crippen molar-refractivity contribution in [3.05, 3.63) is 182 Å². The van der Waals surface area contributed by atoms with Crippen molar-refractivity contribution in [1.82, 2.24) is 14.5 Å². The lowest BCUT2D eigenvalue weighted by Crippen LogP contribution is -1.97. The number of benzene rings is 6. The van der Waals surface area contributed by atoms with Gasteiger partial charge < -0.3 is 9.67 Å². The molecule has 0 aliphatic heterocycles. The zero-order valence-corrected chi connectivity index (χ0v) is 29.6. The Kier molecular flexibility index (Phi) is 8.13. The molecule has 0 spiro atoms. The smallest absolute Gasteiger partial charge is 0.124 e. The summed E-state index contributed by atoms with van der Waals surface area (Å²) in [7, 11) is 0. The number of hydrogen-bond donors (Lipinski definition) is 1. The first-order chi connectivity index (χ1) is 26.0. The third kappa shape index (κ3) is 6.04. The van der Waals surface area contributed by atoms with Gasteiger partial charge in [-0.25, -0.2) is 4.98 Å². The molecule has 0 aliphatic rings. The molecule has 0 atom stereocenters. The van der Waals surface area contributed by atoms with Crippen molar-refractivity contribution in [1.29, 1.82) is 0 Å². The van der Waals surface area contributed by atoms with Crippen LogP contribution in [0.3, 0.4) is 0 Å². The predicted molar refractivity (Wildman–Crippen MR) is 219 cm³/mol. The van der Waals surface area contributed by atoms with Crippen molar-refractivity contribution >= 4 is 21.8 Å². The zero-order valence-electron chi connectivity index (χ0n) is 29.6. The van der Waals surface area contributed by atoms with Gasteiger partial charge in [0.1, 0.15) is 5.75 Å². The molecular formula is C49H37N3O. The molecule has 4 heteroatoms. The fourth-order valence-electron chi connectivity index (χ4n) is 7.31. The molecule has 0 bridgehead atoms. The van der Waals surface area contributed by atoms with Crippen molar-refractivity contribution in [2.45, 2.75) is 19.8 Å². The van der Waals surface area contributed by atoms with E-state index in [1.54, 1.807) is 6.07 Å². The van der Waals surface area contributed by atoms with Crippen LogP contribution in [-0.2, 0) is 0 Å². The van der Waals surface area contributed by atoms with Gasteiger partial charge in [-0.3, -0.25) is 4.98 Å². The quantitative estimate of drug-likeness (QED) is 0.182. The van der Waals surface area contributed by atoms with E-state index in [1.807, 2.05) is 42.5 Å². The van der Waals surface area contributed by atoms with Gasteiger partial charge in [0, 0.05) is 38.8 Å². The summed E-state index contributed by atoms with van der Waals surface area (Å²) >= 11 is 0. The molecule has 0 saturated carbocycles. The van der Waals surface area contributed by atoms with Crippen LogP contribution in [0.15, 0.2) is 176 Å². The molecule has 9 rings (SSSR count). The van der Waals surface area contributed by atoms with E-state index >= 15 is 0 Å². The minimum absolute atomic E-state index is 0.203. The maximum absolute atomic E-state index is 10.8. The first-order valence-corrected chi connectivity index (χ1v) is 18.1. The number of phenolic OH excluding ortho intramolecular Hbond substituents is 1.